The molecule has 0 saturated carbocycles. The SMILES string of the molecule is O=C(O)c1ccc(Cn2ccnc2CCN2CCOCC2)cc1. The van der Waals surface area contributed by atoms with Gasteiger partial charge in [-0.05, 0) is 17.7 Å². The van der Waals surface area contributed by atoms with E-state index in [-0.39, 0.29) is 0 Å². The van der Waals surface area contributed by atoms with Gasteiger partial charge in [-0.25, -0.2) is 9.78 Å². The third kappa shape index (κ3) is 4.18. The summed E-state index contributed by atoms with van der Waals surface area (Å²) in [6, 6.07) is 6.99. The second kappa shape index (κ2) is 7.39. The topological polar surface area (TPSA) is 67.6 Å². The number of aromatic nitrogens is 2. The van der Waals surface area contributed by atoms with E-state index in [1.54, 1.807) is 12.1 Å². The molecule has 23 heavy (non-hydrogen) atoms. The highest BCUT2D eigenvalue weighted by atomic mass is 16.5. The number of carboxylic acid groups (broad SMARTS) is 1. The molecule has 0 bridgehead atoms. The molecule has 0 radical (unpaired) electrons. The molecule has 6 heteroatoms. The number of rotatable bonds is 6. The van der Waals surface area contributed by atoms with Gasteiger partial charge in [0.25, 0.3) is 0 Å². The first-order valence-electron chi connectivity index (χ1n) is 7.85. The molecule has 1 aliphatic rings. The van der Waals surface area contributed by atoms with Crippen molar-refractivity contribution in [2.75, 3.05) is 32.8 Å². The molecule has 6 nitrogen and oxygen atoms in total. The van der Waals surface area contributed by atoms with E-state index in [0.29, 0.717) is 12.1 Å². The lowest BCUT2D eigenvalue weighted by atomic mass is 10.1. The zero-order valence-electron chi connectivity index (χ0n) is 13.0. The number of ether oxygens (including phenoxy) is 1. The van der Waals surface area contributed by atoms with Gasteiger partial charge in [0.15, 0.2) is 0 Å². The number of imidazole rings is 1. The first kappa shape index (κ1) is 15.7. The van der Waals surface area contributed by atoms with Gasteiger partial charge in [-0.3, -0.25) is 4.90 Å². The number of hydrogen-bond donors (Lipinski definition) is 1. The molecule has 1 aromatic carbocycles. The van der Waals surface area contributed by atoms with Crippen molar-refractivity contribution in [2.45, 2.75) is 13.0 Å². The van der Waals surface area contributed by atoms with Crippen molar-refractivity contribution in [1.29, 1.82) is 0 Å². The van der Waals surface area contributed by atoms with Crippen molar-refractivity contribution < 1.29 is 14.6 Å². The van der Waals surface area contributed by atoms with Crippen LogP contribution < -0.4 is 0 Å². The Bertz CT molecular complexity index is 645. The minimum atomic E-state index is -0.898. The lowest BCUT2D eigenvalue weighted by molar-refractivity contribution is 0.0381. The molecule has 0 spiro atoms. The summed E-state index contributed by atoms with van der Waals surface area (Å²) >= 11 is 0. The van der Waals surface area contributed by atoms with Gasteiger partial charge in [0.1, 0.15) is 5.82 Å². The third-order valence-corrected chi connectivity index (χ3v) is 4.11. The molecule has 1 aromatic heterocycles. The second-order valence-corrected chi connectivity index (χ2v) is 5.68. The van der Waals surface area contributed by atoms with Gasteiger partial charge in [0, 0.05) is 45.0 Å². The number of carbonyl (C=O) groups is 1. The van der Waals surface area contributed by atoms with Gasteiger partial charge in [0.05, 0.1) is 18.8 Å². The van der Waals surface area contributed by atoms with Crippen LogP contribution in [0.1, 0.15) is 21.7 Å². The first-order chi connectivity index (χ1) is 11.2. The lowest BCUT2D eigenvalue weighted by Crippen LogP contribution is -2.37. The summed E-state index contributed by atoms with van der Waals surface area (Å²) in [7, 11) is 0. The summed E-state index contributed by atoms with van der Waals surface area (Å²) in [5.74, 6) is 0.157. The van der Waals surface area contributed by atoms with E-state index >= 15 is 0 Å². The Morgan fingerprint density at radius 1 is 1.22 bits per heavy atom. The molecule has 0 atom stereocenters. The highest BCUT2D eigenvalue weighted by molar-refractivity contribution is 5.87. The van der Waals surface area contributed by atoms with Gasteiger partial charge in [-0.15, -0.1) is 0 Å². The van der Waals surface area contributed by atoms with Crippen LogP contribution in [-0.4, -0.2) is 58.4 Å². The monoisotopic (exact) mass is 315 g/mol. The number of hydrogen-bond acceptors (Lipinski definition) is 4. The van der Waals surface area contributed by atoms with E-state index in [2.05, 4.69) is 14.5 Å². The molecule has 0 aliphatic carbocycles. The fourth-order valence-electron chi connectivity index (χ4n) is 2.74. The van der Waals surface area contributed by atoms with Gasteiger partial charge in [0.2, 0.25) is 0 Å². The maximum atomic E-state index is 10.9. The largest absolute Gasteiger partial charge is 0.478 e. The highest BCUT2D eigenvalue weighted by Crippen LogP contribution is 2.09. The molecule has 1 fully saturated rings. The Hall–Kier alpha value is -2.18. The molecule has 0 amide bonds. The van der Waals surface area contributed by atoms with Gasteiger partial charge >= 0.3 is 5.97 Å². The Kier molecular flexibility index (Phi) is 5.05. The summed E-state index contributed by atoms with van der Waals surface area (Å²) in [6.45, 7) is 5.28. The second-order valence-electron chi connectivity index (χ2n) is 5.68. The molecule has 2 heterocycles. The van der Waals surface area contributed by atoms with E-state index < -0.39 is 5.97 Å². The average molecular weight is 315 g/mol. The number of morpholine rings is 1. The summed E-state index contributed by atoms with van der Waals surface area (Å²) in [4.78, 5) is 17.7. The fraction of sp³-hybridized carbons (Fsp3) is 0.412. The van der Waals surface area contributed by atoms with Crippen molar-refractivity contribution >= 4 is 5.97 Å². The Morgan fingerprint density at radius 3 is 2.65 bits per heavy atom. The Balaban J connectivity index is 1.60. The minimum absolute atomic E-state index is 0.312. The molecule has 0 unspecified atom stereocenters. The normalized spacial score (nSPS) is 15.7. The number of carboxylic acids is 1. The summed E-state index contributed by atoms with van der Waals surface area (Å²) in [5.41, 5.74) is 1.38. The maximum Gasteiger partial charge on any atom is 0.335 e. The van der Waals surface area contributed by atoms with Gasteiger partial charge in [-0.1, -0.05) is 12.1 Å². The molecule has 1 aliphatic heterocycles. The quantitative estimate of drug-likeness (QED) is 0.875. The first-order valence-corrected chi connectivity index (χ1v) is 7.85. The molecule has 1 N–H and O–H groups in total. The van der Waals surface area contributed by atoms with E-state index in [1.807, 2.05) is 24.5 Å². The van der Waals surface area contributed by atoms with E-state index in [0.717, 1.165) is 50.7 Å². The van der Waals surface area contributed by atoms with Crippen molar-refractivity contribution in [2.24, 2.45) is 0 Å². The average Bonchev–Trinajstić information content (AvgIpc) is 3.01. The fourth-order valence-corrected chi connectivity index (χ4v) is 2.74. The number of nitrogens with zero attached hydrogens (tertiary/aromatic N) is 3. The van der Waals surface area contributed by atoms with Crippen molar-refractivity contribution in [3.8, 4) is 0 Å². The lowest BCUT2D eigenvalue weighted by Gasteiger charge is -2.26. The van der Waals surface area contributed by atoms with Gasteiger partial charge in [-0.2, -0.15) is 0 Å². The molecule has 1 saturated heterocycles. The summed E-state index contributed by atoms with van der Waals surface area (Å²) in [6.07, 6.45) is 4.69. The van der Waals surface area contributed by atoms with Crippen LogP contribution in [-0.2, 0) is 17.7 Å². The molecular formula is C17H21N3O3. The number of benzene rings is 1. The Morgan fingerprint density at radius 2 is 1.96 bits per heavy atom. The van der Waals surface area contributed by atoms with Gasteiger partial charge < -0.3 is 14.4 Å². The van der Waals surface area contributed by atoms with Crippen LogP contribution in [0.25, 0.3) is 0 Å². The predicted octanol–water partition coefficient (Wildman–Crippen LogP) is 1.50. The summed E-state index contributed by atoms with van der Waals surface area (Å²) in [5, 5.41) is 8.94. The van der Waals surface area contributed by atoms with Crippen LogP contribution in [0.15, 0.2) is 36.7 Å². The predicted molar refractivity (Wildman–Crippen MR) is 85.7 cm³/mol. The third-order valence-electron chi connectivity index (χ3n) is 4.11. The number of aromatic carboxylic acids is 1. The van der Waals surface area contributed by atoms with Crippen molar-refractivity contribution in [3.63, 3.8) is 0 Å². The molecule has 2 aromatic rings. The van der Waals surface area contributed by atoms with E-state index in [9.17, 15) is 4.79 Å². The standard InChI is InChI=1S/C17H21N3O3/c21-17(22)15-3-1-14(2-4-15)13-20-8-6-18-16(20)5-7-19-9-11-23-12-10-19/h1-4,6,8H,5,7,9-13H2,(H,21,22). The minimum Gasteiger partial charge on any atom is -0.478 e. The van der Waals surface area contributed by atoms with Crippen LogP contribution in [0.3, 0.4) is 0 Å². The molecule has 3 rings (SSSR count). The van der Waals surface area contributed by atoms with Crippen LogP contribution >= 0.6 is 0 Å². The summed E-state index contributed by atoms with van der Waals surface area (Å²) < 4.78 is 7.48. The van der Waals surface area contributed by atoms with Crippen LogP contribution in [0.2, 0.25) is 0 Å². The zero-order chi connectivity index (χ0) is 16.1. The highest BCUT2D eigenvalue weighted by Gasteiger charge is 2.12. The van der Waals surface area contributed by atoms with Crippen LogP contribution in [0.4, 0.5) is 0 Å². The van der Waals surface area contributed by atoms with Crippen LogP contribution in [0.5, 0.6) is 0 Å². The van der Waals surface area contributed by atoms with Crippen molar-refractivity contribution in [3.05, 3.63) is 53.6 Å². The van der Waals surface area contributed by atoms with E-state index in [4.69, 9.17) is 9.84 Å². The smallest absolute Gasteiger partial charge is 0.335 e. The van der Waals surface area contributed by atoms with Crippen molar-refractivity contribution in [1.82, 2.24) is 14.5 Å². The zero-order valence-corrected chi connectivity index (χ0v) is 13.0. The van der Waals surface area contributed by atoms with E-state index in [1.165, 1.54) is 0 Å². The van der Waals surface area contributed by atoms with Crippen LogP contribution in [0, 0.1) is 0 Å². The Labute approximate surface area is 135 Å². The molecule has 122 valence electrons. The molecular weight excluding hydrogens is 294 g/mol. The maximum absolute atomic E-state index is 10.9.